The Kier molecular flexibility index (Phi) is 5.52. The molecule has 3 nitrogen and oxygen atoms in total. The van der Waals surface area contributed by atoms with Gasteiger partial charge in [-0.1, -0.05) is 39.2 Å². The topological polar surface area (TPSA) is 30.5 Å². The highest BCUT2D eigenvalue weighted by atomic mass is 16.6. The first-order valence-corrected chi connectivity index (χ1v) is 7.48. The Balaban J connectivity index is 2.07. The molecule has 0 radical (unpaired) electrons. The monoisotopic (exact) mass is 263 g/mol. The molecule has 1 atom stereocenters. The van der Waals surface area contributed by atoms with E-state index in [1.807, 2.05) is 6.07 Å². The third-order valence-electron chi connectivity index (χ3n) is 3.52. The van der Waals surface area contributed by atoms with Crippen LogP contribution in [-0.4, -0.2) is 19.8 Å². The molecule has 19 heavy (non-hydrogen) atoms. The van der Waals surface area contributed by atoms with Gasteiger partial charge >= 0.3 is 0 Å². The van der Waals surface area contributed by atoms with E-state index < -0.39 is 0 Å². The molecule has 0 spiro atoms. The van der Waals surface area contributed by atoms with Crippen LogP contribution in [0.1, 0.15) is 51.1 Å². The first-order valence-electron chi connectivity index (χ1n) is 7.48. The number of fused-ring (bicyclic) bond motifs is 1. The van der Waals surface area contributed by atoms with Crippen LogP contribution in [0.4, 0.5) is 0 Å². The third-order valence-corrected chi connectivity index (χ3v) is 3.52. The zero-order valence-electron chi connectivity index (χ0n) is 12.1. The van der Waals surface area contributed by atoms with Crippen molar-refractivity contribution in [1.29, 1.82) is 0 Å². The highest BCUT2D eigenvalue weighted by molar-refractivity contribution is 5.44. The van der Waals surface area contributed by atoms with Gasteiger partial charge < -0.3 is 14.8 Å². The van der Waals surface area contributed by atoms with E-state index in [9.17, 15) is 0 Å². The third kappa shape index (κ3) is 3.87. The molecule has 1 aliphatic rings. The second-order valence-corrected chi connectivity index (χ2v) is 5.01. The molecule has 1 unspecified atom stereocenters. The lowest BCUT2D eigenvalue weighted by atomic mass is 10.00. The summed E-state index contributed by atoms with van der Waals surface area (Å²) in [5.74, 6) is 1.76. The van der Waals surface area contributed by atoms with Gasteiger partial charge in [-0.3, -0.25) is 0 Å². The molecule has 1 heterocycles. The fourth-order valence-electron chi connectivity index (χ4n) is 2.51. The zero-order valence-corrected chi connectivity index (χ0v) is 12.1. The summed E-state index contributed by atoms with van der Waals surface area (Å²) in [5.41, 5.74) is 1.31. The summed E-state index contributed by atoms with van der Waals surface area (Å²) in [5, 5.41) is 3.57. The van der Waals surface area contributed by atoms with Crippen molar-refractivity contribution < 1.29 is 9.47 Å². The number of unbranched alkanes of at least 4 members (excludes halogenated alkanes) is 2. The molecule has 0 amide bonds. The maximum absolute atomic E-state index is 5.67. The van der Waals surface area contributed by atoms with E-state index in [0.717, 1.165) is 18.0 Å². The molecule has 0 fully saturated rings. The molecule has 0 aliphatic carbocycles. The van der Waals surface area contributed by atoms with Gasteiger partial charge in [-0.25, -0.2) is 0 Å². The van der Waals surface area contributed by atoms with Crippen LogP contribution < -0.4 is 14.8 Å². The van der Waals surface area contributed by atoms with Crippen molar-refractivity contribution in [3.63, 3.8) is 0 Å². The summed E-state index contributed by atoms with van der Waals surface area (Å²) in [6, 6.07) is 6.75. The van der Waals surface area contributed by atoms with E-state index >= 15 is 0 Å². The second-order valence-electron chi connectivity index (χ2n) is 5.01. The van der Waals surface area contributed by atoms with Crippen LogP contribution in [0.15, 0.2) is 18.2 Å². The zero-order chi connectivity index (χ0) is 13.5. The molecule has 1 N–H and O–H groups in total. The Bertz CT molecular complexity index is 392. The van der Waals surface area contributed by atoms with Gasteiger partial charge in [0.25, 0.3) is 0 Å². The average molecular weight is 263 g/mol. The molecule has 2 rings (SSSR count). The van der Waals surface area contributed by atoms with Gasteiger partial charge in [0.2, 0.25) is 0 Å². The molecule has 0 aromatic heterocycles. The second kappa shape index (κ2) is 7.39. The maximum atomic E-state index is 5.67. The Labute approximate surface area is 116 Å². The van der Waals surface area contributed by atoms with Crippen LogP contribution in [-0.2, 0) is 0 Å². The lowest BCUT2D eigenvalue weighted by Crippen LogP contribution is -2.21. The fraction of sp³-hybridized carbons (Fsp3) is 0.625. The normalized spacial score (nSPS) is 15.3. The van der Waals surface area contributed by atoms with Crippen molar-refractivity contribution in [2.75, 3.05) is 19.8 Å². The van der Waals surface area contributed by atoms with Crippen LogP contribution in [0.25, 0.3) is 0 Å². The van der Waals surface area contributed by atoms with E-state index in [1.54, 1.807) is 0 Å². The largest absolute Gasteiger partial charge is 0.486 e. The van der Waals surface area contributed by atoms with Crippen molar-refractivity contribution in [3.05, 3.63) is 23.8 Å². The van der Waals surface area contributed by atoms with Gasteiger partial charge in [0.15, 0.2) is 11.5 Å². The molecule has 3 heteroatoms. The van der Waals surface area contributed by atoms with E-state index in [1.165, 1.54) is 31.2 Å². The number of hydrogen-bond donors (Lipinski definition) is 1. The van der Waals surface area contributed by atoms with Crippen LogP contribution in [0.5, 0.6) is 11.5 Å². The predicted molar refractivity (Wildman–Crippen MR) is 78.0 cm³/mol. The average Bonchev–Trinajstić information content (AvgIpc) is 2.46. The van der Waals surface area contributed by atoms with Crippen LogP contribution in [0.2, 0.25) is 0 Å². The molecule has 0 bridgehead atoms. The molecular weight excluding hydrogens is 238 g/mol. The molecule has 0 saturated carbocycles. The van der Waals surface area contributed by atoms with E-state index in [0.29, 0.717) is 19.3 Å². The molecule has 1 aliphatic heterocycles. The van der Waals surface area contributed by atoms with Gasteiger partial charge in [-0.05, 0) is 30.7 Å². The number of hydrogen-bond acceptors (Lipinski definition) is 3. The van der Waals surface area contributed by atoms with Crippen molar-refractivity contribution in [2.24, 2.45) is 0 Å². The number of nitrogens with one attached hydrogen (secondary N) is 1. The molecule has 106 valence electrons. The summed E-state index contributed by atoms with van der Waals surface area (Å²) >= 11 is 0. The van der Waals surface area contributed by atoms with Gasteiger partial charge in [-0.2, -0.15) is 0 Å². The van der Waals surface area contributed by atoms with Crippen LogP contribution >= 0.6 is 0 Å². The lowest BCUT2D eigenvalue weighted by Gasteiger charge is -2.22. The highest BCUT2D eigenvalue weighted by Crippen LogP contribution is 2.33. The van der Waals surface area contributed by atoms with Gasteiger partial charge in [0, 0.05) is 6.04 Å². The molecule has 0 saturated heterocycles. The van der Waals surface area contributed by atoms with Crippen molar-refractivity contribution in [3.8, 4) is 11.5 Å². The maximum Gasteiger partial charge on any atom is 0.161 e. The number of rotatable bonds is 7. The number of ether oxygens (including phenoxy) is 2. The summed E-state index contributed by atoms with van der Waals surface area (Å²) in [6.07, 6.45) is 5.01. The molecule has 1 aromatic rings. The highest BCUT2D eigenvalue weighted by Gasteiger charge is 2.16. The summed E-state index contributed by atoms with van der Waals surface area (Å²) in [4.78, 5) is 0. The summed E-state index contributed by atoms with van der Waals surface area (Å²) in [7, 11) is 0. The van der Waals surface area contributed by atoms with Crippen molar-refractivity contribution >= 4 is 0 Å². The van der Waals surface area contributed by atoms with Crippen molar-refractivity contribution in [1.82, 2.24) is 5.32 Å². The Hall–Kier alpha value is -1.22. The standard InChI is InChI=1S/C16H25NO2/c1-3-5-6-7-14(17-4-2)13-8-9-15-16(12-13)19-11-10-18-15/h8-9,12,14,17H,3-7,10-11H2,1-2H3. The van der Waals surface area contributed by atoms with E-state index in [2.05, 4.69) is 31.3 Å². The van der Waals surface area contributed by atoms with E-state index in [-0.39, 0.29) is 0 Å². The molecular formula is C16H25NO2. The first kappa shape index (κ1) is 14.2. The molecule has 1 aromatic carbocycles. The Morgan fingerprint density at radius 1 is 1.11 bits per heavy atom. The minimum atomic E-state index is 0.423. The Morgan fingerprint density at radius 3 is 2.63 bits per heavy atom. The van der Waals surface area contributed by atoms with Crippen molar-refractivity contribution in [2.45, 2.75) is 45.6 Å². The minimum absolute atomic E-state index is 0.423. The van der Waals surface area contributed by atoms with Crippen LogP contribution in [0.3, 0.4) is 0 Å². The lowest BCUT2D eigenvalue weighted by molar-refractivity contribution is 0.171. The predicted octanol–water partition coefficient (Wildman–Crippen LogP) is 3.69. The van der Waals surface area contributed by atoms with E-state index in [4.69, 9.17) is 9.47 Å². The van der Waals surface area contributed by atoms with Crippen LogP contribution in [0, 0.1) is 0 Å². The smallest absolute Gasteiger partial charge is 0.161 e. The SMILES string of the molecule is CCCCCC(NCC)c1ccc2c(c1)OCCO2. The first-order chi connectivity index (χ1) is 9.35. The fourth-order valence-corrected chi connectivity index (χ4v) is 2.51. The quantitative estimate of drug-likeness (QED) is 0.761. The minimum Gasteiger partial charge on any atom is -0.486 e. The summed E-state index contributed by atoms with van der Waals surface area (Å²) < 4.78 is 11.2. The number of benzene rings is 1. The van der Waals surface area contributed by atoms with Gasteiger partial charge in [-0.15, -0.1) is 0 Å². The Morgan fingerprint density at radius 2 is 1.89 bits per heavy atom. The summed E-state index contributed by atoms with van der Waals surface area (Å²) in [6.45, 7) is 6.69. The van der Waals surface area contributed by atoms with Gasteiger partial charge in [0.1, 0.15) is 13.2 Å². The van der Waals surface area contributed by atoms with Gasteiger partial charge in [0.05, 0.1) is 0 Å².